The average Bonchev–Trinajstić information content (AvgIpc) is 3.41. The van der Waals surface area contributed by atoms with Crippen LogP contribution in [0, 0.1) is 18.8 Å². The smallest absolute Gasteiger partial charge is 0.123 e. The third kappa shape index (κ3) is 3.87. The van der Waals surface area contributed by atoms with Crippen LogP contribution >= 0.6 is 0 Å². The van der Waals surface area contributed by atoms with Crippen molar-refractivity contribution in [3.8, 4) is 17.3 Å². The number of hydrogen-bond donors (Lipinski definition) is 0. The van der Waals surface area contributed by atoms with Crippen molar-refractivity contribution < 1.29 is 25.8 Å². The molecule has 0 N–H and O–H groups in total. The Morgan fingerprint density at radius 3 is 2.58 bits per heavy atom. The minimum Gasteiger partial charge on any atom is -0.504 e. The molecule has 0 spiro atoms. The zero-order valence-corrected chi connectivity index (χ0v) is 19.9. The molecule has 3 heterocycles. The first kappa shape index (κ1) is 21.2. The third-order valence-corrected chi connectivity index (χ3v) is 5.39. The molecule has 5 aromatic rings. The molecular formula is C26H18N5OPt-3. The van der Waals surface area contributed by atoms with Crippen molar-refractivity contribution in [3.05, 3.63) is 104 Å². The second-order valence-corrected chi connectivity index (χ2v) is 7.46. The molecule has 33 heavy (non-hydrogen) atoms. The Morgan fingerprint density at radius 2 is 1.67 bits per heavy atom. The van der Waals surface area contributed by atoms with Crippen molar-refractivity contribution in [3.63, 3.8) is 0 Å². The largest absolute Gasteiger partial charge is 0.504 e. The number of rotatable bonds is 4. The SMILES string of the molecule is CN1[CH-]N(c2[c-]c(Oc3[c-]c(-n4ncc5ccccc54)ccc3)ncc2)c2ccccc21.[Pt]. The first-order valence-electron chi connectivity index (χ1n) is 10.2. The van der Waals surface area contributed by atoms with E-state index in [9.17, 15) is 0 Å². The molecule has 0 radical (unpaired) electrons. The monoisotopic (exact) mass is 611 g/mol. The van der Waals surface area contributed by atoms with Crippen molar-refractivity contribution in [1.29, 1.82) is 0 Å². The number of fused-ring (bicyclic) bond motifs is 2. The van der Waals surface area contributed by atoms with Crippen molar-refractivity contribution >= 4 is 28.0 Å². The van der Waals surface area contributed by atoms with Gasteiger partial charge in [-0.3, -0.25) is 9.67 Å². The fourth-order valence-electron chi connectivity index (χ4n) is 3.89. The number of anilines is 3. The maximum Gasteiger partial charge on any atom is 0.123 e. The van der Waals surface area contributed by atoms with Crippen LogP contribution in [0.25, 0.3) is 16.6 Å². The third-order valence-electron chi connectivity index (χ3n) is 5.39. The van der Waals surface area contributed by atoms with Crippen LogP contribution in [-0.4, -0.2) is 21.8 Å². The van der Waals surface area contributed by atoms with Crippen molar-refractivity contribution in [2.75, 3.05) is 16.8 Å². The van der Waals surface area contributed by atoms with Gasteiger partial charge in [-0.25, -0.2) is 0 Å². The van der Waals surface area contributed by atoms with Gasteiger partial charge in [0.2, 0.25) is 0 Å². The Bertz CT molecular complexity index is 1430. The molecule has 6 rings (SSSR count). The van der Waals surface area contributed by atoms with Crippen LogP contribution in [0.4, 0.5) is 17.1 Å². The molecule has 7 heteroatoms. The molecule has 1 aliphatic rings. The van der Waals surface area contributed by atoms with E-state index in [1.807, 2.05) is 85.3 Å². The van der Waals surface area contributed by atoms with Gasteiger partial charge < -0.3 is 14.5 Å². The minimum absolute atomic E-state index is 0. The number of aromatic nitrogens is 3. The Balaban J connectivity index is 0.00000228. The van der Waals surface area contributed by atoms with Crippen LogP contribution in [-0.2, 0) is 21.1 Å². The Morgan fingerprint density at radius 1 is 0.848 bits per heavy atom. The maximum absolute atomic E-state index is 6.03. The molecule has 6 nitrogen and oxygen atoms in total. The first-order chi connectivity index (χ1) is 15.8. The number of pyridine rings is 1. The molecule has 0 amide bonds. The second-order valence-electron chi connectivity index (χ2n) is 7.46. The number of benzene rings is 3. The van der Waals surface area contributed by atoms with Gasteiger partial charge in [0.25, 0.3) is 0 Å². The quantitative estimate of drug-likeness (QED) is 0.251. The van der Waals surface area contributed by atoms with E-state index in [4.69, 9.17) is 4.74 Å². The van der Waals surface area contributed by atoms with Gasteiger partial charge >= 0.3 is 0 Å². The zero-order valence-electron chi connectivity index (χ0n) is 17.6. The Hall–Kier alpha value is -3.63. The zero-order chi connectivity index (χ0) is 21.5. The molecule has 0 saturated heterocycles. The summed E-state index contributed by atoms with van der Waals surface area (Å²) in [6.07, 6.45) is 3.57. The van der Waals surface area contributed by atoms with E-state index in [1.165, 1.54) is 0 Å². The number of ether oxygens (including phenoxy) is 1. The standard InChI is InChI=1S/C26H18N5O.Pt/c1-29-18-30(25-12-5-4-11-24(25)29)20-13-14-27-26(16-20)32-22-9-6-8-21(15-22)31-23-10-3-2-7-19(23)17-28-31;/h2-14,17-18H,1H3;/q-3;. The number of para-hydroxylation sites is 3. The molecule has 166 valence electrons. The summed E-state index contributed by atoms with van der Waals surface area (Å²) >= 11 is 0. The van der Waals surface area contributed by atoms with Crippen LogP contribution in [0.1, 0.15) is 0 Å². The van der Waals surface area contributed by atoms with Crippen LogP contribution < -0.4 is 14.5 Å². The summed E-state index contributed by atoms with van der Waals surface area (Å²) in [5.41, 5.74) is 4.87. The number of hydrogen-bond acceptors (Lipinski definition) is 5. The fraction of sp³-hybridized carbons (Fsp3) is 0.0385. The molecule has 0 bridgehead atoms. The summed E-state index contributed by atoms with van der Waals surface area (Å²) in [5.74, 6) is 0.924. The number of nitrogens with zero attached hydrogens (tertiary/aromatic N) is 5. The fourth-order valence-corrected chi connectivity index (χ4v) is 3.89. The molecule has 1 aliphatic heterocycles. The van der Waals surface area contributed by atoms with Crippen LogP contribution in [0.3, 0.4) is 0 Å². The molecular weight excluding hydrogens is 593 g/mol. The second kappa shape index (κ2) is 8.72. The van der Waals surface area contributed by atoms with Crippen LogP contribution in [0.2, 0.25) is 0 Å². The molecule has 0 atom stereocenters. The predicted octanol–water partition coefficient (Wildman–Crippen LogP) is 5.52. The molecule has 3 aromatic carbocycles. The van der Waals surface area contributed by atoms with E-state index in [-0.39, 0.29) is 21.1 Å². The van der Waals surface area contributed by atoms with Gasteiger partial charge in [-0.2, -0.15) is 35.7 Å². The summed E-state index contributed by atoms with van der Waals surface area (Å²) in [7, 11) is 2.02. The summed E-state index contributed by atoms with van der Waals surface area (Å²) < 4.78 is 7.88. The van der Waals surface area contributed by atoms with E-state index in [1.54, 1.807) is 6.20 Å². The van der Waals surface area contributed by atoms with E-state index < -0.39 is 0 Å². The Kier molecular flexibility index (Phi) is 5.61. The Labute approximate surface area is 206 Å². The van der Waals surface area contributed by atoms with Gasteiger partial charge in [-0.05, 0) is 37.1 Å². The van der Waals surface area contributed by atoms with Gasteiger partial charge in [-0.1, -0.05) is 30.3 Å². The van der Waals surface area contributed by atoms with E-state index in [2.05, 4.69) is 44.1 Å². The summed E-state index contributed by atoms with van der Waals surface area (Å²) in [6.45, 7) is 2.02. The van der Waals surface area contributed by atoms with Gasteiger partial charge in [-0.15, -0.1) is 18.2 Å². The summed E-state index contributed by atoms with van der Waals surface area (Å²) in [6, 6.07) is 30.5. The van der Waals surface area contributed by atoms with Crippen molar-refractivity contribution in [2.24, 2.45) is 0 Å². The topological polar surface area (TPSA) is 46.4 Å². The normalized spacial score (nSPS) is 12.5. The van der Waals surface area contributed by atoms with E-state index in [0.717, 1.165) is 33.7 Å². The van der Waals surface area contributed by atoms with Crippen LogP contribution in [0.5, 0.6) is 11.6 Å². The van der Waals surface area contributed by atoms with Gasteiger partial charge in [0.15, 0.2) is 0 Å². The molecule has 0 fully saturated rings. The average molecular weight is 612 g/mol. The predicted molar refractivity (Wildman–Crippen MR) is 124 cm³/mol. The molecule has 0 aliphatic carbocycles. The van der Waals surface area contributed by atoms with Crippen LogP contribution in [0.15, 0.2) is 85.2 Å². The van der Waals surface area contributed by atoms with Crippen molar-refractivity contribution in [2.45, 2.75) is 0 Å². The summed E-state index contributed by atoms with van der Waals surface area (Å²) in [4.78, 5) is 8.50. The summed E-state index contributed by atoms with van der Waals surface area (Å²) in [5, 5.41) is 5.57. The molecule has 2 aromatic heterocycles. The van der Waals surface area contributed by atoms with E-state index in [0.29, 0.717) is 11.6 Å². The minimum atomic E-state index is 0. The van der Waals surface area contributed by atoms with Gasteiger partial charge in [0, 0.05) is 43.6 Å². The van der Waals surface area contributed by atoms with Crippen molar-refractivity contribution in [1.82, 2.24) is 14.8 Å². The molecule has 0 unspecified atom stereocenters. The van der Waals surface area contributed by atoms with Gasteiger partial charge in [0.1, 0.15) is 5.88 Å². The van der Waals surface area contributed by atoms with E-state index >= 15 is 0 Å². The maximum atomic E-state index is 6.03. The first-order valence-corrected chi connectivity index (χ1v) is 10.2. The van der Waals surface area contributed by atoms with Gasteiger partial charge in [0.05, 0.1) is 11.7 Å². The molecule has 0 saturated carbocycles.